The Morgan fingerprint density at radius 1 is 1.53 bits per heavy atom. The van der Waals surface area contributed by atoms with Crippen molar-refractivity contribution in [3.05, 3.63) is 45.7 Å². The van der Waals surface area contributed by atoms with Gasteiger partial charge in [-0.2, -0.15) is 0 Å². The van der Waals surface area contributed by atoms with E-state index in [9.17, 15) is 9.18 Å². The van der Waals surface area contributed by atoms with Crippen LogP contribution in [0.1, 0.15) is 16.1 Å². The van der Waals surface area contributed by atoms with Gasteiger partial charge in [0.2, 0.25) is 0 Å². The maximum absolute atomic E-state index is 13.5. The van der Waals surface area contributed by atoms with Crippen molar-refractivity contribution in [1.29, 1.82) is 0 Å². The van der Waals surface area contributed by atoms with Gasteiger partial charge in [-0.15, -0.1) is 11.3 Å². The molecule has 0 aliphatic carbocycles. The fourth-order valence-corrected chi connectivity index (χ4v) is 2.39. The van der Waals surface area contributed by atoms with E-state index < -0.39 is 11.7 Å². The molecular weight excluding hydrogens is 289 g/mol. The van der Waals surface area contributed by atoms with Gasteiger partial charge in [0.05, 0.1) is 16.3 Å². The number of benzene rings is 1. The Labute approximate surface area is 118 Å². The Bertz CT molecular complexity index is 582. The maximum Gasteiger partial charge on any atom is 0.255 e. The molecule has 3 N–H and O–H groups in total. The predicted octanol–water partition coefficient (Wildman–Crippen LogP) is 2.49. The van der Waals surface area contributed by atoms with Crippen LogP contribution in [0.4, 0.5) is 9.52 Å². The molecule has 1 aromatic heterocycles. The largest absolute Gasteiger partial charge is 0.375 e. The minimum absolute atomic E-state index is 0.0930. The van der Waals surface area contributed by atoms with Gasteiger partial charge in [-0.25, -0.2) is 9.37 Å². The van der Waals surface area contributed by atoms with E-state index in [2.05, 4.69) is 10.3 Å². The summed E-state index contributed by atoms with van der Waals surface area (Å²) in [5.41, 5.74) is 6.15. The van der Waals surface area contributed by atoms with Gasteiger partial charge in [0.15, 0.2) is 5.13 Å². The molecule has 0 fully saturated rings. The number of nitrogens with zero attached hydrogens (tertiary/aromatic N) is 1. The zero-order valence-electron chi connectivity index (χ0n) is 9.82. The molecule has 0 aliphatic rings. The Kier molecular flexibility index (Phi) is 4.34. The van der Waals surface area contributed by atoms with Crippen LogP contribution in [-0.4, -0.2) is 17.4 Å². The molecule has 2 aromatic rings. The highest BCUT2D eigenvalue weighted by molar-refractivity contribution is 7.13. The van der Waals surface area contributed by atoms with E-state index in [0.717, 1.165) is 5.69 Å². The molecule has 0 aliphatic heterocycles. The lowest BCUT2D eigenvalue weighted by Gasteiger charge is -2.06. The number of rotatable bonds is 4. The van der Waals surface area contributed by atoms with E-state index in [4.69, 9.17) is 17.3 Å². The Balaban J connectivity index is 1.94. The summed E-state index contributed by atoms with van der Waals surface area (Å²) < 4.78 is 13.5. The van der Waals surface area contributed by atoms with Crippen LogP contribution in [0.3, 0.4) is 0 Å². The van der Waals surface area contributed by atoms with Crippen LogP contribution in [0.25, 0.3) is 0 Å². The average Bonchev–Trinajstić information content (AvgIpc) is 2.75. The highest BCUT2D eigenvalue weighted by Gasteiger charge is 2.15. The average molecular weight is 300 g/mol. The lowest BCUT2D eigenvalue weighted by molar-refractivity contribution is 0.0950. The van der Waals surface area contributed by atoms with Crippen molar-refractivity contribution in [2.45, 2.75) is 6.42 Å². The van der Waals surface area contributed by atoms with E-state index in [-0.39, 0.29) is 10.6 Å². The van der Waals surface area contributed by atoms with Gasteiger partial charge in [0.1, 0.15) is 5.82 Å². The second kappa shape index (κ2) is 5.99. The molecule has 4 nitrogen and oxygen atoms in total. The number of hydrogen-bond acceptors (Lipinski definition) is 4. The summed E-state index contributed by atoms with van der Waals surface area (Å²) in [7, 11) is 0. The maximum atomic E-state index is 13.5. The van der Waals surface area contributed by atoms with Crippen molar-refractivity contribution < 1.29 is 9.18 Å². The highest BCUT2D eigenvalue weighted by Crippen LogP contribution is 2.18. The lowest BCUT2D eigenvalue weighted by Crippen LogP contribution is -2.27. The van der Waals surface area contributed by atoms with E-state index >= 15 is 0 Å². The summed E-state index contributed by atoms with van der Waals surface area (Å²) in [6.07, 6.45) is 0.533. The fraction of sp³-hybridized carbons (Fsp3) is 0.167. The lowest BCUT2D eigenvalue weighted by atomic mass is 10.2. The van der Waals surface area contributed by atoms with Crippen molar-refractivity contribution in [2.75, 3.05) is 12.3 Å². The van der Waals surface area contributed by atoms with Crippen molar-refractivity contribution in [2.24, 2.45) is 0 Å². The first-order chi connectivity index (χ1) is 9.08. The second-order valence-electron chi connectivity index (χ2n) is 3.78. The van der Waals surface area contributed by atoms with Crippen molar-refractivity contribution in [3.8, 4) is 0 Å². The molecule has 0 unspecified atom stereocenters. The Morgan fingerprint density at radius 2 is 2.32 bits per heavy atom. The summed E-state index contributed by atoms with van der Waals surface area (Å²) in [6, 6.07) is 4.12. The van der Waals surface area contributed by atoms with Crippen LogP contribution in [0, 0.1) is 5.82 Å². The summed E-state index contributed by atoms with van der Waals surface area (Å²) in [6.45, 7) is 0.340. The van der Waals surface area contributed by atoms with Crippen molar-refractivity contribution in [3.63, 3.8) is 0 Å². The molecular formula is C12H11ClFN3OS. The molecule has 0 bridgehead atoms. The number of carbonyl (C=O) groups excluding carboxylic acids is 1. The molecule has 0 atom stereocenters. The van der Waals surface area contributed by atoms with Crippen LogP contribution in [0.2, 0.25) is 5.02 Å². The molecule has 1 aromatic carbocycles. The SMILES string of the molecule is Nc1nc(CCNC(=O)c2c(F)cccc2Cl)cs1. The summed E-state index contributed by atoms with van der Waals surface area (Å²) in [5.74, 6) is -1.17. The summed E-state index contributed by atoms with van der Waals surface area (Å²) >= 11 is 7.13. The number of halogens is 2. The third-order valence-corrected chi connectivity index (χ3v) is 3.46. The first-order valence-electron chi connectivity index (χ1n) is 5.50. The smallest absolute Gasteiger partial charge is 0.255 e. The molecule has 0 radical (unpaired) electrons. The second-order valence-corrected chi connectivity index (χ2v) is 5.08. The van der Waals surface area contributed by atoms with E-state index in [1.165, 1.54) is 29.5 Å². The molecule has 1 amide bonds. The third-order valence-electron chi connectivity index (χ3n) is 2.43. The van der Waals surface area contributed by atoms with E-state index in [1.807, 2.05) is 5.38 Å². The topological polar surface area (TPSA) is 68.0 Å². The molecule has 2 rings (SSSR count). The number of nitrogens with two attached hydrogens (primary N) is 1. The number of hydrogen-bond donors (Lipinski definition) is 2. The van der Waals surface area contributed by atoms with Gasteiger partial charge < -0.3 is 11.1 Å². The van der Waals surface area contributed by atoms with Gasteiger partial charge in [-0.05, 0) is 12.1 Å². The normalized spacial score (nSPS) is 10.4. The number of anilines is 1. The van der Waals surface area contributed by atoms with Crippen LogP contribution in [-0.2, 0) is 6.42 Å². The van der Waals surface area contributed by atoms with Crippen LogP contribution in [0.15, 0.2) is 23.6 Å². The minimum Gasteiger partial charge on any atom is -0.375 e. The standard InChI is InChI=1S/C12H11ClFN3OS/c13-8-2-1-3-9(14)10(8)11(18)16-5-4-7-6-19-12(15)17-7/h1-3,6H,4-5H2,(H2,15,17)(H,16,18). The Morgan fingerprint density at radius 3 is 2.95 bits per heavy atom. The van der Waals surface area contributed by atoms with Gasteiger partial charge in [-0.1, -0.05) is 17.7 Å². The third kappa shape index (κ3) is 3.42. The zero-order chi connectivity index (χ0) is 13.8. The highest BCUT2D eigenvalue weighted by atomic mass is 35.5. The van der Waals surface area contributed by atoms with E-state index in [0.29, 0.717) is 18.1 Å². The van der Waals surface area contributed by atoms with Gasteiger partial charge in [0, 0.05) is 18.3 Å². The molecule has 0 saturated heterocycles. The molecule has 0 spiro atoms. The number of carbonyl (C=O) groups is 1. The summed E-state index contributed by atoms with van der Waals surface area (Å²) in [4.78, 5) is 15.9. The predicted molar refractivity (Wildman–Crippen MR) is 74.0 cm³/mol. The molecule has 1 heterocycles. The van der Waals surface area contributed by atoms with Gasteiger partial charge in [-0.3, -0.25) is 4.79 Å². The van der Waals surface area contributed by atoms with Crippen molar-refractivity contribution >= 4 is 34.0 Å². The molecule has 19 heavy (non-hydrogen) atoms. The first kappa shape index (κ1) is 13.8. The fourth-order valence-electron chi connectivity index (χ4n) is 1.54. The van der Waals surface area contributed by atoms with Crippen LogP contribution >= 0.6 is 22.9 Å². The monoisotopic (exact) mass is 299 g/mol. The van der Waals surface area contributed by atoms with Gasteiger partial charge in [0.25, 0.3) is 5.91 Å². The number of nitrogens with one attached hydrogen (secondary N) is 1. The van der Waals surface area contributed by atoms with Crippen molar-refractivity contribution in [1.82, 2.24) is 10.3 Å². The van der Waals surface area contributed by atoms with Crippen LogP contribution < -0.4 is 11.1 Å². The quantitative estimate of drug-likeness (QED) is 0.911. The molecule has 0 saturated carbocycles. The van der Waals surface area contributed by atoms with Gasteiger partial charge >= 0.3 is 0 Å². The molecule has 100 valence electrons. The Hall–Kier alpha value is -1.66. The zero-order valence-corrected chi connectivity index (χ0v) is 11.4. The van der Waals surface area contributed by atoms with Crippen LogP contribution in [0.5, 0.6) is 0 Å². The number of amides is 1. The number of thiazole rings is 1. The number of nitrogen functional groups attached to an aromatic ring is 1. The molecule has 7 heteroatoms. The minimum atomic E-state index is -0.636. The van der Waals surface area contributed by atoms with E-state index in [1.54, 1.807) is 0 Å². The summed E-state index contributed by atoms with van der Waals surface area (Å²) in [5, 5.41) is 4.99. The number of aromatic nitrogens is 1. The first-order valence-corrected chi connectivity index (χ1v) is 6.76.